The summed E-state index contributed by atoms with van der Waals surface area (Å²) in [7, 11) is 0. The average molecular weight is 522 g/mol. The second-order valence-corrected chi connectivity index (χ2v) is 12.0. The predicted molar refractivity (Wildman–Crippen MR) is 132 cm³/mol. The van der Waals surface area contributed by atoms with Gasteiger partial charge in [-0.15, -0.1) is 11.8 Å². The van der Waals surface area contributed by atoms with E-state index in [4.69, 9.17) is 0 Å². The number of carbonyl (C=O) groups excluding carboxylic acids is 2. The summed E-state index contributed by atoms with van der Waals surface area (Å²) in [6, 6.07) is 5.97. The van der Waals surface area contributed by atoms with Crippen LogP contribution in [-0.2, 0) is 20.8 Å². The molecule has 0 spiro atoms. The molecular formula is C23H27N3O7S2. The largest absolute Gasteiger partial charge is 0.477 e. The van der Waals surface area contributed by atoms with Gasteiger partial charge in [-0.3, -0.25) is 29.5 Å². The molecular weight excluding hydrogens is 494 g/mol. The molecule has 4 rings (SSSR count). The zero-order chi connectivity index (χ0) is 25.5. The molecule has 0 radical (unpaired) electrons. The molecule has 2 fully saturated rings. The van der Waals surface area contributed by atoms with Crippen LogP contribution in [0.25, 0.3) is 0 Å². The highest BCUT2D eigenvalue weighted by Gasteiger charge is 2.68. The SMILES string of the molecule is CC[C@H](O)[C@@H]1C(=O)N2C(C(=O)O)=C(S[C@H]3CCN(CC(C)=O)C3)S[C@]12Cc1ccc([N+](=O)[O-])cc1. The van der Waals surface area contributed by atoms with Crippen molar-refractivity contribution in [3.63, 3.8) is 0 Å². The minimum Gasteiger partial charge on any atom is -0.477 e. The number of amides is 1. The monoisotopic (exact) mass is 521 g/mol. The van der Waals surface area contributed by atoms with Gasteiger partial charge in [0.1, 0.15) is 10.7 Å². The van der Waals surface area contributed by atoms with Gasteiger partial charge in [-0.2, -0.15) is 0 Å². The number of aliphatic hydroxyl groups is 1. The van der Waals surface area contributed by atoms with Gasteiger partial charge in [0.25, 0.3) is 5.69 Å². The molecule has 12 heteroatoms. The first-order valence-corrected chi connectivity index (χ1v) is 13.1. The molecule has 0 unspecified atom stereocenters. The summed E-state index contributed by atoms with van der Waals surface area (Å²) in [5.41, 5.74) is 0.573. The Labute approximate surface area is 210 Å². The number of rotatable bonds is 10. The van der Waals surface area contributed by atoms with Crippen LogP contribution >= 0.6 is 23.5 Å². The van der Waals surface area contributed by atoms with Crippen molar-refractivity contribution in [2.75, 3.05) is 19.6 Å². The molecule has 0 saturated carbocycles. The van der Waals surface area contributed by atoms with Crippen LogP contribution in [0.15, 0.2) is 34.2 Å². The number of aliphatic hydroxyl groups excluding tert-OH is 1. The smallest absolute Gasteiger partial charge is 0.354 e. The highest BCUT2D eigenvalue weighted by Crippen LogP contribution is 2.63. The Bertz CT molecular complexity index is 1090. The molecule has 188 valence electrons. The van der Waals surface area contributed by atoms with E-state index in [1.807, 2.05) is 4.90 Å². The van der Waals surface area contributed by atoms with E-state index in [-0.39, 0.29) is 28.8 Å². The van der Waals surface area contributed by atoms with E-state index in [2.05, 4.69) is 0 Å². The molecule has 1 amide bonds. The average Bonchev–Trinajstić information content (AvgIpc) is 3.33. The number of aliphatic carboxylic acids is 1. The number of benzene rings is 1. The van der Waals surface area contributed by atoms with Crippen LogP contribution in [0.2, 0.25) is 0 Å². The number of hydrogen-bond donors (Lipinski definition) is 2. The third-order valence-corrected chi connectivity index (χ3v) is 9.57. The number of nitro groups is 1. The molecule has 10 nitrogen and oxygen atoms in total. The van der Waals surface area contributed by atoms with Gasteiger partial charge in [0.15, 0.2) is 5.70 Å². The molecule has 3 aliphatic rings. The molecule has 0 aromatic heterocycles. The van der Waals surface area contributed by atoms with Gasteiger partial charge >= 0.3 is 5.97 Å². The van der Waals surface area contributed by atoms with Crippen LogP contribution in [0.4, 0.5) is 5.69 Å². The Hall–Kier alpha value is -2.41. The quantitative estimate of drug-likeness (QED) is 0.268. The number of hydrogen-bond acceptors (Lipinski definition) is 9. The number of carbonyl (C=O) groups is 3. The summed E-state index contributed by atoms with van der Waals surface area (Å²) in [6.45, 7) is 5.05. The molecule has 3 heterocycles. The second-order valence-electron chi connectivity index (χ2n) is 9.08. The summed E-state index contributed by atoms with van der Waals surface area (Å²) >= 11 is 2.71. The van der Waals surface area contributed by atoms with E-state index in [0.29, 0.717) is 29.3 Å². The minimum absolute atomic E-state index is 0.0612. The Balaban J connectivity index is 1.63. The lowest BCUT2D eigenvalue weighted by atomic mass is 9.77. The maximum absolute atomic E-state index is 13.2. The van der Waals surface area contributed by atoms with Gasteiger partial charge in [0.05, 0.1) is 27.7 Å². The maximum Gasteiger partial charge on any atom is 0.354 e. The number of Topliss-reactive ketones (excluding diaryl/α,β-unsaturated/α-hetero) is 1. The van der Waals surface area contributed by atoms with Crippen LogP contribution in [-0.4, -0.2) is 78.5 Å². The van der Waals surface area contributed by atoms with E-state index < -0.39 is 33.7 Å². The summed E-state index contributed by atoms with van der Waals surface area (Å²) < 4.78 is 0.522. The summed E-state index contributed by atoms with van der Waals surface area (Å²) in [5.74, 6) is -2.35. The van der Waals surface area contributed by atoms with Crippen molar-refractivity contribution in [3.8, 4) is 0 Å². The number of fused-ring (bicyclic) bond motifs is 1. The van der Waals surface area contributed by atoms with Gasteiger partial charge < -0.3 is 10.2 Å². The predicted octanol–water partition coefficient (Wildman–Crippen LogP) is 2.46. The number of carboxylic acid groups (broad SMARTS) is 1. The summed E-state index contributed by atoms with van der Waals surface area (Å²) in [4.78, 5) is 49.8. The molecule has 0 bridgehead atoms. The standard InChI is InChI=1S/C23H27N3O7S2/c1-3-17(28)18-20(29)25-19(21(30)31)22(34-16-8-9-24(12-16)11-13(2)27)35-23(18,25)10-14-4-6-15(7-5-14)26(32)33/h4-7,16-18,28H,3,8-12H2,1-2H3,(H,30,31)/t16-,17-,18+,23+/m0/s1. The Morgan fingerprint density at radius 3 is 2.60 bits per heavy atom. The summed E-state index contributed by atoms with van der Waals surface area (Å²) in [6.07, 6.45) is 0.422. The van der Waals surface area contributed by atoms with Crippen molar-refractivity contribution in [1.82, 2.24) is 9.80 Å². The van der Waals surface area contributed by atoms with Crippen molar-refractivity contribution >= 4 is 46.9 Å². The molecule has 3 aliphatic heterocycles. The topological polar surface area (TPSA) is 141 Å². The normalized spacial score (nSPS) is 27.1. The number of nitrogens with zero attached hydrogens (tertiary/aromatic N) is 3. The maximum atomic E-state index is 13.2. The van der Waals surface area contributed by atoms with Crippen molar-refractivity contribution in [2.24, 2.45) is 5.92 Å². The second kappa shape index (κ2) is 9.92. The first-order valence-electron chi connectivity index (χ1n) is 11.4. The molecule has 2 N–H and O–H groups in total. The fourth-order valence-corrected chi connectivity index (χ4v) is 8.65. The molecule has 4 atom stereocenters. The van der Waals surface area contributed by atoms with Crippen molar-refractivity contribution in [2.45, 2.75) is 49.3 Å². The number of carboxylic acids is 1. The molecule has 35 heavy (non-hydrogen) atoms. The van der Waals surface area contributed by atoms with Crippen LogP contribution in [0.3, 0.4) is 0 Å². The van der Waals surface area contributed by atoms with Crippen LogP contribution in [0.5, 0.6) is 0 Å². The van der Waals surface area contributed by atoms with Crippen LogP contribution in [0, 0.1) is 16.0 Å². The van der Waals surface area contributed by atoms with Gasteiger partial charge in [0.2, 0.25) is 5.91 Å². The molecule has 2 saturated heterocycles. The Kier molecular flexibility index (Phi) is 7.28. The molecule has 0 aliphatic carbocycles. The highest BCUT2D eigenvalue weighted by molar-refractivity contribution is 8.23. The third-order valence-electron chi connectivity index (χ3n) is 6.60. The van der Waals surface area contributed by atoms with E-state index in [0.717, 1.165) is 13.0 Å². The van der Waals surface area contributed by atoms with Crippen LogP contribution in [0.1, 0.15) is 32.3 Å². The number of nitro benzene ring substituents is 1. The van der Waals surface area contributed by atoms with Gasteiger partial charge in [-0.25, -0.2) is 4.79 Å². The highest BCUT2D eigenvalue weighted by atomic mass is 32.2. The molecule has 1 aromatic rings. The number of likely N-dealkylation sites (tertiary alicyclic amines) is 1. The third kappa shape index (κ3) is 4.72. The number of ketones is 1. The van der Waals surface area contributed by atoms with E-state index in [1.165, 1.54) is 47.5 Å². The number of β-lactam (4-membered cyclic amide) rings is 1. The fraction of sp³-hybridized carbons (Fsp3) is 0.522. The summed E-state index contributed by atoms with van der Waals surface area (Å²) in [5, 5.41) is 31.9. The first-order chi connectivity index (χ1) is 16.6. The van der Waals surface area contributed by atoms with Gasteiger partial charge in [0, 0.05) is 30.3 Å². The van der Waals surface area contributed by atoms with E-state index in [1.54, 1.807) is 19.1 Å². The zero-order valence-corrected chi connectivity index (χ0v) is 21.0. The Morgan fingerprint density at radius 2 is 2.03 bits per heavy atom. The van der Waals surface area contributed by atoms with Crippen molar-refractivity contribution in [1.29, 1.82) is 0 Å². The lowest BCUT2D eigenvalue weighted by Crippen LogP contribution is -2.71. The van der Waals surface area contributed by atoms with Crippen LogP contribution < -0.4 is 0 Å². The Morgan fingerprint density at radius 1 is 1.34 bits per heavy atom. The molecule has 1 aromatic carbocycles. The lowest BCUT2D eigenvalue weighted by molar-refractivity contribution is -0.384. The van der Waals surface area contributed by atoms with E-state index >= 15 is 0 Å². The zero-order valence-electron chi connectivity index (χ0n) is 19.4. The number of non-ortho nitro benzene ring substituents is 1. The first kappa shape index (κ1) is 25.7. The minimum atomic E-state index is -1.21. The van der Waals surface area contributed by atoms with Crippen molar-refractivity contribution in [3.05, 3.63) is 49.9 Å². The number of thioether (sulfide) groups is 2. The lowest BCUT2D eigenvalue weighted by Gasteiger charge is -2.54. The van der Waals surface area contributed by atoms with Crippen molar-refractivity contribution < 1.29 is 29.5 Å². The van der Waals surface area contributed by atoms with Gasteiger partial charge in [-0.1, -0.05) is 30.8 Å². The fourth-order valence-electron chi connectivity index (χ4n) is 5.02. The van der Waals surface area contributed by atoms with E-state index in [9.17, 15) is 34.7 Å². The van der Waals surface area contributed by atoms with Gasteiger partial charge in [-0.05, 0) is 31.9 Å².